The van der Waals surface area contributed by atoms with Gasteiger partial charge in [0.1, 0.15) is 0 Å². The van der Waals surface area contributed by atoms with Gasteiger partial charge in [0, 0.05) is 21.7 Å². The highest BCUT2D eigenvalue weighted by Crippen LogP contribution is 2.36. The molecule has 0 aromatic carbocycles. The van der Waals surface area contributed by atoms with Crippen LogP contribution < -0.4 is 0 Å². The lowest BCUT2D eigenvalue weighted by atomic mass is 9.95. The Morgan fingerprint density at radius 1 is 1.00 bits per heavy atom. The quantitative estimate of drug-likeness (QED) is 0.736. The molecule has 5 nitrogen and oxygen atoms in total. The summed E-state index contributed by atoms with van der Waals surface area (Å²) >= 11 is 3.81. The molecule has 1 aliphatic rings. The maximum atomic E-state index is 9.10. The Bertz CT molecular complexity index is 618. The van der Waals surface area contributed by atoms with Gasteiger partial charge in [-0.05, 0) is 62.2 Å². The topological polar surface area (TPSA) is 77.8 Å². The number of nitrogens with zero attached hydrogens (tertiary/aromatic N) is 1. The van der Waals surface area contributed by atoms with Crippen molar-refractivity contribution in [2.45, 2.75) is 44.6 Å². The second kappa shape index (κ2) is 10.4. The highest BCUT2D eigenvalue weighted by Gasteiger charge is 2.23. The van der Waals surface area contributed by atoms with Gasteiger partial charge >= 0.3 is 11.9 Å². The number of hydrogen-bond acceptors (Lipinski definition) is 5. The van der Waals surface area contributed by atoms with Crippen LogP contribution in [0, 0.1) is 0 Å². The summed E-state index contributed by atoms with van der Waals surface area (Å²) in [4.78, 5) is 23.9. The van der Waals surface area contributed by atoms with Crippen molar-refractivity contribution in [2.75, 3.05) is 13.1 Å². The number of likely N-dealkylation sites (tertiary alicyclic amines) is 1. The molecule has 1 atom stereocenters. The van der Waals surface area contributed by atoms with Crippen LogP contribution in [0.1, 0.15) is 48.3 Å². The Labute approximate surface area is 161 Å². The molecule has 1 saturated heterocycles. The van der Waals surface area contributed by atoms with Gasteiger partial charge < -0.3 is 15.1 Å². The van der Waals surface area contributed by atoms with E-state index < -0.39 is 11.9 Å². The van der Waals surface area contributed by atoms with Crippen molar-refractivity contribution >= 4 is 34.6 Å². The van der Waals surface area contributed by atoms with Crippen LogP contribution in [0.25, 0.3) is 0 Å². The molecule has 0 amide bonds. The third kappa shape index (κ3) is 6.23. The fourth-order valence-electron chi connectivity index (χ4n) is 3.20. The largest absolute Gasteiger partial charge is 0.473 e. The van der Waals surface area contributed by atoms with Crippen molar-refractivity contribution in [3.8, 4) is 0 Å². The first kappa shape index (κ1) is 20.6. The van der Waals surface area contributed by atoms with Gasteiger partial charge in [0.05, 0.1) is 0 Å². The minimum Gasteiger partial charge on any atom is -0.473 e. The summed E-state index contributed by atoms with van der Waals surface area (Å²) in [6.07, 6.45) is 5.43. The van der Waals surface area contributed by atoms with Crippen LogP contribution in [-0.2, 0) is 9.59 Å². The fraction of sp³-hybridized carbons (Fsp3) is 0.474. The highest BCUT2D eigenvalue weighted by atomic mass is 32.1. The van der Waals surface area contributed by atoms with E-state index in [1.807, 2.05) is 22.7 Å². The molecular formula is C19H25NO4S2. The first-order valence-electron chi connectivity index (χ1n) is 8.76. The summed E-state index contributed by atoms with van der Waals surface area (Å²) in [5.74, 6) is -3.06. The lowest BCUT2D eigenvalue weighted by molar-refractivity contribution is -0.159. The number of carboxylic acids is 2. The number of carbonyl (C=O) groups is 2. The molecule has 142 valence electrons. The number of hydrogen-bond donors (Lipinski definition) is 2. The van der Waals surface area contributed by atoms with E-state index >= 15 is 0 Å². The van der Waals surface area contributed by atoms with Crippen molar-refractivity contribution < 1.29 is 19.8 Å². The molecule has 0 aliphatic carbocycles. The smallest absolute Gasteiger partial charge is 0.414 e. The van der Waals surface area contributed by atoms with Crippen LogP contribution >= 0.6 is 22.7 Å². The predicted molar refractivity (Wildman–Crippen MR) is 105 cm³/mol. The zero-order valence-electron chi connectivity index (χ0n) is 14.8. The minimum atomic E-state index is -1.82. The van der Waals surface area contributed by atoms with E-state index in [1.165, 1.54) is 48.5 Å². The van der Waals surface area contributed by atoms with E-state index in [9.17, 15) is 0 Å². The molecule has 2 N–H and O–H groups in total. The lowest BCUT2D eigenvalue weighted by Crippen LogP contribution is -2.38. The van der Waals surface area contributed by atoms with Crippen LogP contribution in [0.2, 0.25) is 0 Å². The number of aliphatic carboxylic acids is 2. The maximum Gasteiger partial charge on any atom is 0.414 e. The van der Waals surface area contributed by atoms with E-state index in [4.69, 9.17) is 19.8 Å². The SMILES string of the molecule is CC(CC(c1cccs1)c1cccs1)N1CCCCC1.O=C(O)C(=O)O. The van der Waals surface area contributed by atoms with E-state index in [-0.39, 0.29) is 0 Å². The van der Waals surface area contributed by atoms with Crippen LogP contribution in [0.5, 0.6) is 0 Å². The average molecular weight is 396 g/mol. The van der Waals surface area contributed by atoms with Crippen LogP contribution in [-0.4, -0.2) is 46.2 Å². The van der Waals surface area contributed by atoms with Crippen LogP contribution in [0.3, 0.4) is 0 Å². The van der Waals surface area contributed by atoms with E-state index in [0.717, 1.165) is 0 Å². The van der Waals surface area contributed by atoms with Crippen molar-refractivity contribution in [3.63, 3.8) is 0 Å². The summed E-state index contributed by atoms with van der Waals surface area (Å²) in [6.45, 7) is 5.01. The third-order valence-corrected chi connectivity index (χ3v) is 6.52. The fourth-order valence-corrected chi connectivity index (χ4v) is 4.99. The summed E-state index contributed by atoms with van der Waals surface area (Å²) in [5, 5.41) is 19.2. The van der Waals surface area contributed by atoms with Gasteiger partial charge in [-0.1, -0.05) is 18.6 Å². The van der Waals surface area contributed by atoms with Crippen molar-refractivity contribution in [1.82, 2.24) is 4.90 Å². The molecule has 0 saturated carbocycles. The number of carboxylic acid groups (broad SMARTS) is 2. The van der Waals surface area contributed by atoms with Gasteiger partial charge in [-0.2, -0.15) is 0 Å². The Morgan fingerprint density at radius 3 is 1.88 bits per heavy atom. The van der Waals surface area contributed by atoms with Crippen LogP contribution in [0.4, 0.5) is 0 Å². The monoisotopic (exact) mass is 395 g/mol. The Kier molecular flexibility index (Phi) is 8.28. The molecule has 26 heavy (non-hydrogen) atoms. The zero-order chi connectivity index (χ0) is 18.9. The molecule has 2 aromatic heterocycles. The van der Waals surface area contributed by atoms with E-state index in [2.05, 4.69) is 46.8 Å². The van der Waals surface area contributed by atoms with Gasteiger partial charge in [0.15, 0.2) is 0 Å². The minimum absolute atomic E-state index is 0.590. The van der Waals surface area contributed by atoms with Gasteiger partial charge in [-0.25, -0.2) is 9.59 Å². The first-order chi connectivity index (χ1) is 12.5. The number of thiophene rings is 2. The summed E-state index contributed by atoms with van der Waals surface area (Å²) < 4.78 is 0. The molecule has 7 heteroatoms. The Hall–Kier alpha value is -1.70. The highest BCUT2D eigenvalue weighted by molar-refractivity contribution is 7.11. The molecule has 2 aromatic rings. The Balaban J connectivity index is 0.000000352. The predicted octanol–water partition coefficient (Wildman–Crippen LogP) is 4.36. The molecule has 0 spiro atoms. The maximum absolute atomic E-state index is 9.10. The molecule has 3 rings (SSSR count). The zero-order valence-corrected chi connectivity index (χ0v) is 16.5. The third-order valence-electron chi connectivity index (χ3n) is 4.55. The summed E-state index contributed by atoms with van der Waals surface area (Å²) in [7, 11) is 0. The van der Waals surface area contributed by atoms with Gasteiger partial charge in [0.2, 0.25) is 0 Å². The molecule has 1 unspecified atom stereocenters. The van der Waals surface area contributed by atoms with Gasteiger partial charge in [-0.15, -0.1) is 22.7 Å². The van der Waals surface area contributed by atoms with Gasteiger partial charge in [0.25, 0.3) is 0 Å². The molecule has 0 bridgehead atoms. The standard InChI is InChI=1S/C17H23NS2.C2H2O4/c1-14(18-9-3-2-4-10-18)13-15(16-7-5-11-19-16)17-8-6-12-20-17;3-1(4)2(5)6/h5-8,11-12,14-15H,2-4,9-10,13H2,1H3;(H,3,4)(H,5,6). The number of piperidine rings is 1. The lowest BCUT2D eigenvalue weighted by Gasteiger charge is -2.34. The molecular weight excluding hydrogens is 370 g/mol. The molecule has 1 aliphatic heterocycles. The van der Waals surface area contributed by atoms with Gasteiger partial charge in [-0.3, -0.25) is 0 Å². The van der Waals surface area contributed by atoms with Crippen LogP contribution in [0.15, 0.2) is 35.0 Å². The Morgan fingerprint density at radius 2 is 1.50 bits per heavy atom. The molecule has 0 radical (unpaired) electrons. The molecule has 3 heterocycles. The second-order valence-corrected chi connectivity index (χ2v) is 8.33. The summed E-state index contributed by atoms with van der Waals surface area (Å²) in [5.41, 5.74) is 0. The van der Waals surface area contributed by atoms with E-state index in [1.54, 1.807) is 0 Å². The van der Waals surface area contributed by atoms with Crippen molar-refractivity contribution in [1.29, 1.82) is 0 Å². The molecule has 1 fully saturated rings. The summed E-state index contributed by atoms with van der Waals surface area (Å²) in [6, 6.07) is 9.67. The first-order valence-corrected chi connectivity index (χ1v) is 10.5. The normalized spacial score (nSPS) is 15.9. The van der Waals surface area contributed by atoms with Crippen molar-refractivity contribution in [2.24, 2.45) is 0 Å². The average Bonchev–Trinajstić information content (AvgIpc) is 3.34. The van der Waals surface area contributed by atoms with Crippen molar-refractivity contribution in [3.05, 3.63) is 44.8 Å². The number of rotatable bonds is 5. The second-order valence-electron chi connectivity index (χ2n) is 6.38. The van der Waals surface area contributed by atoms with E-state index in [0.29, 0.717) is 12.0 Å².